The smallest absolute Gasteiger partial charge is 0.387 e. The lowest BCUT2D eigenvalue weighted by molar-refractivity contribution is -0.123. The number of ether oxygens (including phenoxy) is 1. The van der Waals surface area contributed by atoms with Crippen molar-refractivity contribution in [2.45, 2.75) is 19.5 Å². The van der Waals surface area contributed by atoms with Gasteiger partial charge in [0.15, 0.2) is 0 Å². The number of hydrogen-bond donors (Lipinski definition) is 1. The molecule has 0 radical (unpaired) electrons. The number of benzene rings is 1. The van der Waals surface area contributed by atoms with E-state index < -0.39 is 6.61 Å². The number of halogens is 2. The quantitative estimate of drug-likeness (QED) is 0.382. The van der Waals surface area contributed by atoms with Gasteiger partial charge in [0.25, 0.3) is 5.91 Å². The van der Waals surface area contributed by atoms with Crippen LogP contribution in [-0.4, -0.2) is 40.7 Å². The van der Waals surface area contributed by atoms with Crippen molar-refractivity contribution in [1.29, 1.82) is 0 Å². The van der Waals surface area contributed by atoms with Gasteiger partial charge in [0.05, 0.1) is 4.91 Å². The Bertz CT molecular complexity index is 769. The minimum Gasteiger partial charge on any atom is -0.434 e. The fraction of sp³-hybridized carbons (Fsp3) is 0.278. The van der Waals surface area contributed by atoms with Gasteiger partial charge in [-0.1, -0.05) is 48.3 Å². The molecule has 1 saturated heterocycles. The molecule has 1 fully saturated rings. The number of hydrogen-bond acceptors (Lipinski definition) is 5. The van der Waals surface area contributed by atoms with E-state index in [0.717, 1.165) is 11.8 Å². The van der Waals surface area contributed by atoms with Crippen molar-refractivity contribution in [2.75, 3.05) is 13.1 Å². The topological polar surface area (TPSA) is 58.6 Å². The second kappa shape index (κ2) is 10.2. The Morgan fingerprint density at radius 2 is 2.15 bits per heavy atom. The molecule has 0 saturated carbocycles. The Morgan fingerprint density at radius 1 is 1.41 bits per heavy atom. The van der Waals surface area contributed by atoms with Crippen molar-refractivity contribution in [3.05, 3.63) is 47.4 Å². The summed E-state index contributed by atoms with van der Waals surface area (Å²) in [5.41, 5.74) is 0.363. The van der Waals surface area contributed by atoms with E-state index in [9.17, 15) is 18.4 Å². The van der Waals surface area contributed by atoms with Crippen LogP contribution in [0.3, 0.4) is 0 Å². The molecule has 2 rings (SSSR count). The lowest BCUT2D eigenvalue weighted by Crippen LogP contribution is -2.30. The predicted molar refractivity (Wildman–Crippen MR) is 105 cm³/mol. The summed E-state index contributed by atoms with van der Waals surface area (Å²) in [7, 11) is 0. The number of carbonyl (C=O) groups excluding carboxylic acids is 2. The zero-order valence-corrected chi connectivity index (χ0v) is 16.0. The summed E-state index contributed by atoms with van der Waals surface area (Å²) in [5.74, 6) is -0.464. The van der Waals surface area contributed by atoms with Crippen molar-refractivity contribution >= 4 is 46.2 Å². The maximum Gasteiger partial charge on any atom is 0.387 e. The molecule has 1 aliphatic rings. The largest absolute Gasteiger partial charge is 0.434 e. The first-order chi connectivity index (χ1) is 12.9. The number of carbonyl (C=O) groups is 2. The average molecular weight is 412 g/mol. The lowest BCUT2D eigenvalue weighted by atomic mass is 10.2. The summed E-state index contributed by atoms with van der Waals surface area (Å²) in [6.45, 7) is 1.25. The van der Waals surface area contributed by atoms with Gasteiger partial charge in [-0.3, -0.25) is 14.5 Å². The Kier molecular flexibility index (Phi) is 7.93. The van der Waals surface area contributed by atoms with Gasteiger partial charge >= 0.3 is 6.61 Å². The molecule has 2 amide bonds. The van der Waals surface area contributed by atoms with Crippen LogP contribution in [0.15, 0.2) is 41.8 Å². The first-order valence-corrected chi connectivity index (χ1v) is 9.31. The number of thioether (sulfide) groups is 1. The summed E-state index contributed by atoms with van der Waals surface area (Å²) in [4.78, 5) is 25.9. The maximum atomic E-state index is 12.5. The third-order valence-corrected chi connectivity index (χ3v) is 4.90. The second-order valence-electron chi connectivity index (χ2n) is 5.45. The highest BCUT2D eigenvalue weighted by atomic mass is 32.2. The van der Waals surface area contributed by atoms with Crippen LogP contribution in [0, 0.1) is 0 Å². The number of nitrogens with zero attached hydrogens (tertiary/aromatic N) is 1. The van der Waals surface area contributed by atoms with Crippen molar-refractivity contribution < 1.29 is 23.1 Å². The predicted octanol–water partition coefficient (Wildman–Crippen LogP) is 3.57. The van der Waals surface area contributed by atoms with Gasteiger partial charge in [0.2, 0.25) is 5.91 Å². The molecule has 1 aliphatic heterocycles. The lowest BCUT2D eigenvalue weighted by Gasteiger charge is -2.14. The molecule has 0 bridgehead atoms. The molecule has 0 spiro atoms. The van der Waals surface area contributed by atoms with Gasteiger partial charge in [-0.2, -0.15) is 8.78 Å². The fourth-order valence-corrected chi connectivity index (χ4v) is 3.61. The first-order valence-electron chi connectivity index (χ1n) is 8.09. The molecule has 0 aliphatic carbocycles. The Hall–Kier alpha value is -2.26. The van der Waals surface area contributed by atoms with E-state index in [2.05, 4.69) is 16.6 Å². The Balaban J connectivity index is 2.02. The van der Waals surface area contributed by atoms with E-state index in [1.54, 1.807) is 24.3 Å². The van der Waals surface area contributed by atoms with Crippen LogP contribution in [0.25, 0.3) is 6.08 Å². The number of alkyl halides is 2. The SMILES string of the molecule is C=CCNC(=O)CCCN1C(=O)C(=Cc2ccccc2OC(F)F)SC1=S. The minimum absolute atomic E-state index is 0.0170. The van der Waals surface area contributed by atoms with Crippen molar-refractivity contribution in [3.63, 3.8) is 0 Å². The molecule has 1 aromatic carbocycles. The van der Waals surface area contributed by atoms with E-state index in [4.69, 9.17) is 12.2 Å². The van der Waals surface area contributed by atoms with Crippen molar-refractivity contribution in [3.8, 4) is 5.75 Å². The molecule has 1 heterocycles. The zero-order valence-electron chi connectivity index (χ0n) is 14.3. The summed E-state index contributed by atoms with van der Waals surface area (Å²) in [6, 6.07) is 6.21. The minimum atomic E-state index is -2.96. The molecule has 0 unspecified atom stereocenters. The van der Waals surface area contributed by atoms with Crippen molar-refractivity contribution in [2.24, 2.45) is 0 Å². The molecule has 5 nitrogen and oxygen atoms in total. The third kappa shape index (κ3) is 6.14. The molecular formula is C18H18F2N2O3S2. The highest BCUT2D eigenvalue weighted by molar-refractivity contribution is 8.26. The molecular weight excluding hydrogens is 394 g/mol. The molecule has 0 atom stereocenters. The van der Waals surface area contributed by atoms with Gasteiger partial charge in [0.1, 0.15) is 10.1 Å². The third-order valence-electron chi connectivity index (χ3n) is 3.52. The second-order valence-corrected chi connectivity index (χ2v) is 7.12. The van der Waals surface area contributed by atoms with Gasteiger partial charge < -0.3 is 10.1 Å². The fourth-order valence-electron chi connectivity index (χ4n) is 2.31. The Labute approximate surface area is 165 Å². The van der Waals surface area contributed by atoms with Gasteiger partial charge in [-0.05, 0) is 18.6 Å². The zero-order chi connectivity index (χ0) is 19.8. The van der Waals surface area contributed by atoms with Crippen LogP contribution in [0.1, 0.15) is 18.4 Å². The van der Waals surface area contributed by atoms with Gasteiger partial charge in [-0.25, -0.2) is 0 Å². The molecule has 1 aromatic rings. The number of thiocarbonyl (C=S) groups is 1. The Morgan fingerprint density at radius 3 is 2.85 bits per heavy atom. The normalized spacial score (nSPS) is 15.5. The average Bonchev–Trinajstić information content (AvgIpc) is 2.88. The number of nitrogens with one attached hydrogen (secondary N) is 1. The highest BCUT2D eigenvalue weighted by Crippen LogP contribution is 2.34. The van der Waals surface area contributed by atoms with Gasteiger partial charge in [0, 0.05) is 25.1 Å². The van der Waals surface area contributed by atoms with Crippen molar-refractivity contribution in [1.82, 2.24) is 10.2 Å². The molecule has 1 N–H and O–H groups in total. The molecule has 27 heavy (non-hydrogen) atoms. The highest BCUT2D eigenvalue weighted by Gasteiger charge is 2.31. The van der Waals surface area contributed by atoms with E-state index in [1.165, 1.54) is 17.0 Å². The number of amides is 2. The molecule has 144 valence electrons. The maximum absolute atomic E-state index is 12.5. The first kappa shape index (κ1) is 21.0. The summed E-state index contributed by atoms with van der Waals surface area (Å²) in [6.07, 6.45) is 3.77. The number of para-hydroxylation sites is 1. The summed E-state index contributed by atoms with van der Waals surface area (Å²) >= 11 is 6.31. The van der Waals surface area contributed by atoms with Gasteiger partial charge in [-0.15, -0.1) is 6.58 Å². The van der Waals surface area contributed by atoms with Crippen LogP contribution < -0.4 is 10.1 Å². The van der Waals surface area contributed by atoms with E-state index in [1.807, 2.05) is 0 Å². The van der Waals surface area contributed by atoms with E-state index >= 15 is 0 Å². The molecule has 9 heteroatoms. The van der Waals surface area contributed by atoms with Crippen LogP contribution in [0.5, 0.6) is 5.75 Å². The van der Waals surface area contributed by atoms with Crippen LogP contribution in [-0.2, 0) is 9.59 Å². The van der Waals surface area contributed by atoms with E-state index in [0.29, 0.717) is 34.3 Å². The monoisotopic (exact) mass is 412 g/mol. The van der Waals surface area contributed by atoms with Crippen LogP contribution in [0.2, 0.25) is 0 Å². The van der Waals surface area contributed by atoms with Crippen LogP contribution >= 0.6 is 24.0 Å². The molecule has 0 aromatic heterocycles. The summed E-state index contributed by atoms with van der Waals surface area (Å²) < 4.78 is 29.9. The number of rotatable bonds is 9. The van der Waals surface area contributed by atoms with Crippen LogP contribution in [0.4, 0.5) is 8.78 Å². The van der Waals surface area contributed by atoms with E-state index in [-0.39, 0.29) is 24.0 Å². The standard InChI is InChI=1S/C18H18F2N2O3S2/c1-2-9-21-15(23)8-5-10-22-16(24)14(27-18(22)26)11-12-6-3-4-7-13(12)25-17(19)20/h2-4,6-7,11,17H,1,5,8-10H2,(H,21,23). The summed E-state index contributed by atoms with van der Waals surface area (Å²) in [5, 5.41) is 2.66.